The Balaban J connectivity index is 2.20. The van der Waals surface area contributed by atoms with Gasteiger partial charge >= 0.3 is 0 Å². The molecule has 3 rings (SSSR count). The second-order valence-corrected chi connectivity index (χ2v) is 4.65. The number of ether oxygens (including phenoxy) is 1. The zero-order chi connectivity index (χ0) is 15.2. The Morgan fingerprint density at radius 1 is 1.48 bits per heavy atom. The predicted octanol–water partition coefficient (Wildman–Crippen LogP) is -2.46. The Hall–Kier alpha value is -2.32. The number of imidazole rings is 1. The zero-order valence-corrected chi connectivity index (χ0v) is 10.7. The highest BCUT2D eigenvalue weighted by molar-refractivity contribution is 5.59. The van der Waals surface area contributed by atoms with Gasteiger partial charge in [-0.25, -0.2) is 14.5 Å². The molecule has 0 radical (unpaired) electrons. The molecule has 1 aliphatic heterocycles. The van der Waals surface area contributed by atoms with Crippen LogP contribution >= 0.6 is 0 Å². The summed E-state index contributed by atoms with van der Waals surface area (Å²) >= 11 is 0. The summed E-state index contributed by atoms with van der Waals surface area (Å²) in [5.41, 5.74) is 4.04. The molecule has 0 aliphatic carbocycles. The molecule has 1 fully saturated rings. The van der Waals surface area contributed by atoms with E-state index in [4.69, 9.17) is 15.6 Å². The molecule has 10 nitrogen and oxygen atoms in total. The molecule has 10 heteroatoms. The van der Waals surface area contributed by atoms with Crippen LogP contribution in [0.2, 0.25) is 0 Å². The third-order valence-electron chi connectivity index (χ3n) is 3.52. The summed E-state index contributed by atoms with van der Waals surface area (Å²) < 4.78 is 6.60. The summed E-state index contributed by atoms with van der Waals surface area (Å²) in [6, 6.07) is 1.83. The average Bonchev–Trinajstić information content (AvgIpc) is 3.03. The monoisotopic (exact) mass is 292 g/mol. The van der Waals surface area contributed by atoms with Crippen molar-refractivity contribution >= 4 is 11.5 Å². The summed E-state index contributed by atoms with van der Waals surface area (Å²) in [6.07, 6.45) is -1.65. The molecule has 0 aromatic carbocycles. The van der Waals surface area contributed by atoms with Crippen LogP contribution in [-0.2, 0) is 10.3 Å². The lowest BCUT2D eigenvalue weighted by Gasteiger charge is -2.23. The van der Waals surface area contributed by atoms with E-state index >= 15 is 0 Å². The van der Waals surface area contributed by atoms with Crippen LogP contribution in [0.1, 0.15) is 5.69 Å². The standard InChI is InChI=1S/C11H12N6O4/c12-3-11(8(20)7(19)5(2-18)21-11)6-1-14-10-9(13)15-4-16-17(6)10/h1,4-5,7-8,18-20H,2H2,(H2,13,15,16)/t5-,7-,8?,11+/m1/s1. The fraction of sp³-hybridized carbons (Fsp3) is 0.455. The van der Waals surface area contributed by atoms with Crippen molar-refractivity contribution in [2.24, 2.45) is 0 Å². The van der Waals surface area contributed by atoms with Crippen molar-refractivity contribution in [3.63, 3.8) is 0 Å². The Bertz CT molecular complexity index is 727. The molecule has 110 valence electrons. The van der Waals surface area contributed by atoms with E-state index in [-0.39, 0.29) is 17.2 Å². The molecule has 2 aromatic rings. The normalized spacial score (nSPS) is 32.4. The third-order valence-corrected chi connectivity index (χ3v) is 3.52. The first-order chi connectivity index (χ1) is 10.0. The first-order valence-corrected chi connectivity index (χ1v) is 6.06. The van der Waals surface area contributed by atoms with E-state index in [1.54, 1.807) is 0 Å². The Labute approximate surface area is 118 Å². The highest BCUT2D eigenvalue weighted by Gasteiger charge is 2.57. The van der Waals surface area contributed by atoms with E-state index in [2.05, 4.69) is 15.1 Å². The maximum Gasteiger partial charge on any atom is 0.227 e. The van der Waals surface area contributed by atoms with Gasteiger partial charge in [-0.3, -0.25) is 0 Å². The number of nitrogens with two attached hydrogens (primary N) is 1. The van der Waals surface area contributed by atoms with Gasteiger partial charge in [0.15, 0.2) is 11.5 Å². The molecule has 3 heterocycles. The van der Waals surface area contributed by atoms with Gasteiger partial charge < -0.3 is 25.8 Å². The summed E-state index contributed by atoms with van der Waals surface area (Å²) in [5, 5.41) is 42.6. The lowest BCUT2D eigenvalue weighted by Crippen LogP contribution is -2.40. The second kappa shape index (κ2) is 4.61. The fourth-order valence-corrected chi connectivity index (χ4v) is 2.42. The van der Waals surface area contributed by atoms with Crippen LogP contribution < -0.4 is 5.73 Å². The van der Waals surface area contributed by atoms with Gasteiger partial charge in [-0.2, -0.15) is 10.4 Å². The van der Waals surface area contributed by atoms with Gasteiger partial charge in [-0.15, -0.1) is 0 Å². The van der Waals surface area contributed by atoms with Gasteiger partial charge in [0, 0.05) is 0 Å². The van der Waals surface area contributed by atoms with E-state index in [0.717, 1.165) is 0 Å². The first-order valence-electron chi connectivity index (χ1n) is 6.06. The van der Waals surface area contributed by atoms with Crippen molar-refractivity contribution < 1.29 is 20.1 Å². The zero-order valence-electron chi connectivity index (χ0n) is 10.7. The van der Waals surface area contributed by atoms with E-state index in [1.165, 1.54) is 17.0 Å². The number of aromatic nitrogens is 4. The largest absolute Gasteiger partial charge is 0.394 e. The maximum atomic E-state index is 10.2. The van der Waals surface area contributed by atoms with Crippen LogP contribution in [0.5, 0.6) is 0 Å². The number of nitriles is 1. The van der Waals surface area contributed by atoms with Crippen LogP contribution in [-0.4, -0.2) is 59.8 Å². The molecule has 0 saturated carbocycles. The number of nitrogen functional groups attached to an aromatic ring is 1. The molecular weight excluding hydrogens is 280 g/mol. The van der Waals surface area contributed by atoms with Gasteiger partial charge in [0.25, 0.3) is 0 Å². The lowest BCUT2D eigenvalue weighted by molar-refractivity contribution is -0.0643. The summed E-state index contributed by atoms with van der Waals surface area (Å²) in [4.78, 5) is 7.76. The van der Waals surface area contributed by atoms with Crippen molar-refractivity contribution in [3.8, 4) is 6.07 Å². The number of nitrogens with zero attached hydrogens (tertiary/aromatic N) is 5. The number of hydrogen-bond donors (Lipinski definition) is 4. The summed E-state index contributed by atoms with van der Waals surface area (Å²) in [7, 11) is 0. The Morgan fingerprint density at radius 2 is 2.24 bits per heavy atom. The number of hydrogen-bond acceptors (Lipinski definition) is 9. The van der Waals surface area contributed by atoms with Gasteiger partial charge in [0.05, 0.1) is 12.8 Å². The molecule has 2 aromatic heterocycles. The molecule has 1 aliphatic rings. The minimum Gasteiger partial charge on any atom is -0.394 e. The number of anilines is 1. The van der Waals surface area contributed by atoms with E-state index in [0.29, 0.717) is 0 Å². The average molecular weight is 292 g/mol. The lowest BCUT2D eigenvalue weighted by atomic mass is 9.93. The van der Waals surface area contributed by atoms with Gasteiger partial charge in [0.2, 0.25) is 5.60 Å². The third kappa shape index (κ3) is 1.69. The van der Waals surface area contributed by atoms with Crippen molar-refractivity contribution in [2.75, 3.05) is 12.3 Å². The highest BCUT2D eigenvalue weighted by Crippen LogP contribution is 2.39. The molecule has 4 atom stereocenters. The predicted molar refractivity (Wildman–Crippen MR) is 66.5 cm³/mol. The minimum absolute atomic E-state index is 0.0936. The molecule has 0 amide bonds. The maximum absolute atomic E-state index is 10.2. The quantitative estimate of drug-likeness (QED) is 0.470. The molecule has 21 heavy (non-hydrogen) atoms. The number of aliphatic hydroxyl groups excluding tert-OH is 3. The fourth-order valence-electron chi connectivity index (χ4n) is 2.42. The molecule has 5 N–H and O–H groups in total. The van der Waals surface area contributed by atoms with Gasteiger partial charge in [-0.05, 0) is 0 Å². The van der Waals surface area contributed by atoms with Gasteiger partial charge in [0.1, 0.15) is 36.4 Å². The van der Waals surface area contributed by atoms with E-state index in [1.807, 2.05) is 6.07 Å². The van der Waals surface area contributed by atoms with Gasteiger partial charge in [-0.1, -0.05) is 0 Å². The summed E-state index contributed by atoms with van der Waals surface area (Å²) in [6.45, 7) is -0.546. The van der Waals surface area contributed by atoms with Crippen molar-refractivity contribution in [2.45, 2.75) is 23.9 Å². The summed E-state index contributed by atoms with van der Waals surface area (Å²) in [5.74, 6) is 0.0936. The Morgan fingerprint density at radius 3 is 2.86 bits per heavy atom. The highest BCUT2D eigenvalue weighted by atomic mass is 16.6. The molecule has 1 saturated heterocycles. The first kappa shape index (κ1) is 13.7. The van der Waals surface area contributed by atoms with Crippen molar-refractivity contribution in [1.29, 1.82) is 5.26 Å². The van der Waals surface area contributed by atoms with Crippen LogP contribution in [0.25, 0.3) is 5.65 Å². The molecule has 0 bridgehead atoms. The topological polar surface area (TPSA) is 163 Å². The molecule has 1 unspecified atom stereocenters. The molecule has 0 spiro atoms. The number of rotatable bonds is 2. The number of aliphatic hydroxyl groups is 3. The van der Waals surface area contributed by atoms with Crippen LogP contribution in [0, 0.1) is 11.3 Å². The second-order valence-electron chi connectivity index (χ2n) is 4.65. The van der Waals surface area contributed by atoms with Crippen LogP contribution in [0.4, 0.5) is 5.82 Å². The minimum atomic E-state index is -1.91. The Kier molecular flexibility index (Phi) is 2.99. The smallest absolute Gasteiger partial charge is 0.227 e. The van der Waals surface area contributed by atoms with Crippen LogP contribution in [0.15, 0.2) is 12.5 Å². The number of fused-ring (bicyclic) bond motifs is 1. The van der Waals surface area contributed by atoms with Crippen molar-refractivity contribution in [3.05, 3.63) is 18.2 Å². The van der Waals surface area contributed by atoms with Crippen LogP contribution in [0.3, 0.4) is 0 Å². The SMILES string of the molecule is N#C[C@@]1(c2cnc3c(N)ncnn23)O[C@H](CO)[C@@H](O)C1O. The van der Waals surface area contributed by atoms with E-state index < -0.39 is 30.5 Å². The van der Waals surface area contributed by atoms with E-state index in [9.17, 15) is 15.5 Å². The van der Waals surface area contributed by atoms with Crippen molar-refractivity contribution in [1.82, 2.24) is 19.6 Å². The molecular formula is C11H12N6O4.